The number of carbonyl (C=O) groups is 1. The molecule has 28 heavy (non-hydrogen) atoms. The zero-order chi connectivity index (χ0) is 20.0. The fraction of sp³-hybridized carbons (Fsp3) is 0.381. The molecule has 6 nitrogen and oxygen atoms in total. The van der Waals surface area contributed by atoms with Crippen LogP contribution in [-0.2, 0) is 21.2 Å². The Morgan fingerprint density at radius 2 is 1.79 bits per heavy atom. The third-order valence-corrected chi connectivity index (χ3v) is 6.78. The van der Waals surface area contributed by atoms with Gasteiger partial charge in [0.05, 0.1) is 17.7 Å². The van der Waals surface area contributed by atoms with Crippen molar-refractivity contribution in [1.82, 2.24) is 4.31 Å². The van der Waals surface area contributed by atoms with Crippen LogP contribution < -0.4 is 10.1 Å². The van der Waals surface area contributed by atoms with Crippen molar-refractivity contribution >= 4 is 21.6 Å². The van der Waals surface area contributed by atoms with E-state index in [-0.39, 0.29) is 10.8 Å². The number of hydrogen-bond donors (Lipinski definition) is 1. The summed E-state index contributed by atoms with van der Waals surface area (Å²) in [6.07, 6.45) is 3.71. The lowest BCUT2D eigenvalue weighted by Crippen LogP contribution is -2.35. The molecule has 0 radical (unpaired) electrons. The van der Waals surface area contributed by atoms with Crippen LogP contribution in [0.1, 0.15) is 31.2 Å². The first kappa shape index (κ1) is 20.4. The van der Waals surface area contributed by atoms with Crippen LogP contribution in [-0.4, -0.2) is 38.8 Å². The molecule has 1 saturated heterocycles. The van der Waals surface area contributed by atoms with Gasteiger partial charge in [-0.1, -0.05) is 36.8 Å². The van der Waals surface area contributed by atoms with Crippen molar-refractivity contribution in [3.8, 4) is 5.75 Å². The minimum Gasteiger partial charge on any atom is -0.495 e. The number of sulfonamides is 1. The van der Waals surface area contributed by atoms with E-state index in [0.717, 1.165) is 24.8 Å². The number of ether oxygens (including phenoxy) is 1. The number of hydrogen-bond acceptors (Lipinski definition) is 4. The molecule has 1 amide bonds. The molecule has 2 aromatic rings. The second-order valence-corrected chi connectivity index (χ2v) is 8.80. The van der Waals surface area contributed by atoms with E-state index < -0.39 is 10.0 Å². The fourth-order valence-corrected chi connectivity index (χ4v) is 4.86. The fourth-order valence-electron chi connectivity index (χ4n) is 3.31. The Morgan fingerprint density at radius 1 is 1.07 bits per heavy atom. The highest BCUT2D eigenvalue weighted by Gasteiger charge is 2.26. The Hall–Kier alpha value is -2.38. The number of rotatable bonds is 7. The molecule has 0 bridgehead atoms. The lowest BCUT2D eigenvalue weighted by atomic mass is 10.1. The van der Waals surface area contributed by atoms with E-state index in [9.17, 15) is 13.2 Å². The number of carbonyl (C=O) groups excluding carboxylic acids is 1. The van der Waals surface area contributed by atoms with Crippen molar-refractivity contribution in [2.24, 2.45) is 0 Å². The summed E-state index contributed by atoms with van der Waals surface area (Å²) in [7, 11) is -2.08. The van der Waals surface area contributed by atoms with Crippen LogP contribution >= 0.6 is 0 Å². The molecular formula is C21H26N2O4S. The van der Waals surface area contributed by atoms with Crippen LogP contribution in [0.25, 0.3) is 0 Å². The van der Waals surface area contributed by atoms with Gasteiger partial charge in [0.15, 0.2) is 0 Å². The van der Waals surface area contributed by atoms with Crippen molar-refractivity contribution in [3.05, 3.63) is 54.1 Å². The Morgan fingerprint density at radius 3 is 2.46 bits per heavy atom. The zero-order valence-electron chi connectivity index (χ0n) is 16.1. The maximum Gasteiger partial charge on any atom is 0.243 e. The maximum atomic E-state index is 12.9. The summed E-state index contributed by atoms with van der Waals surface area (Å²) in [5.74, 6) is 0.250. The number of nitrogens with one attached hydrogen (secondary N) is 1. The normalized spacial score (nSPS) is 15.2. The number of aryl methyl sites for hydroxylation is 1. The van der Waals surface area contributed by atoms with Gasteiger partial charge in [0.2, 0.25) is 15.9 Å². The molecule has 1 N–H and O–H groups in total. The molecule has 0 saturated carbocycles. The summed E-state index contributed by atoms with van der Waals surface area (Å²) < 4.78 is 32.6. The lowest BCUT2D eigenvalue weighted by Gasteiger charge is -2.26. The van der Waals surface area contributed by atoms with E-state index in [1.807, 2.05) is 30.3 Å². The topological polar surface area (TPSA) is 75.7 Å². The second kappa shape index (κ2) is 9.21. The summed E-state index contributed by atoms with van der Waals surface area (Å²) in [6.45, 7) is 1.07. The number of piperidine rings is 1. The lowest BCUT2D eigenvalue weighted by molar-refractivity contribution is -0.116. The molecule has 2 aromatic carbocycles. The van der Waals surface area contributed by atoms with E-state index >= 15 is 0 Å². The SMILES string of the molecule is COc1ccc(S(=O)(=O)N2CCCCC2)cc1NC(=O)CCc1ccccc1. The first-order valence-corrected chi connectivity index (χ1v) is 11.0. The van der Waals surface area contributed by atoms with Gasteiger partial charge < -0.3 is 10.1 Å². The molecular weight excluding hydrogens is 376 g/mol. The highest BCUT2D eigenvalue weighted by molar-refractivity contribution is 7.89. The molecule has 0 aromatic heterocycles. The van der Waals surface area contributed by atoms with Gasteiger partial charge in [0.1, 0.15) is 5.75 Å². The highest BCUT2D eigenvalue weighted by Crippen LogP contribution is 2.30. The van der Waals surface area contributed by atoms with Gasteiger partial charge in [0.25, 0.3) is 0 Å². The van der Waals surface area contributed by atoms with Crippen LogP contribution in [0.15, 0.2) is 53.4 Å². The van der Waals surface area contributed by atoms with Crippen molar-refractivity contribution in [1.29, 1.82) is 0 Å². The van der Waals surface area contributed by atoms with Crippen LogP contribution in [0.5, 0.6) is 5.75 Å². The van der Waals surface area contributed by atoms with Gasteiger partial charge in [-0.2, -0.15) is 4.31 Å². The third-order valence-electron chi connectivity index (χ3n) is 4.88. The van der Waals surface area contributed by atoms with Gasteiger partial charge >= 0.3 is 0 Å². The second-order valence-electron chi connectivity index (χ2n) is 6.86. The molecule has 0 spiro atoms. The molecule has 1 aliphatic heterocycles. The van der Waals surface area contributed by atoms with E-state index in [2.05, 4.69) is 5.32 Å². The van der Waals surface area contributed by atoms with Gasteiger partial charge in [-0.3, -0.25) is 4.79 Å². The molecule has 0 atom stereocenters. The Kier molecular flexibility index (Phi) is 6.70. The van der Waals surface area contributed by atoms with Crippen LogP contribution in [0.2, 0.25) is 0 Å². The molecule has 3 rings (SSSR count). The minimum atomic E-state index is -3.57. The zero-order valence-corrected chi connectivity index (χ0v) is 16.9. The van der Waals surface area contributed by atoms with Crippen molar-refractivity contribution in [2.75, 3.05) is 25.5 Å². The summed E-state index contributed by atoms with van der Waals surface area (Å²) in [4.78, 5) is 12.6. The highest BCUT2D eigenvalue weighted by atomic mass is 32.2. The van der Waals surface area contributed by atoms with Crippen molar-refractivity contribution < 1.29 is 17.9 Å². The number of nitrogens with zero attached hydrogens (tertiary/aromatic N) is 1. The predicted molar refractivity (Wildman–Crippen MR) is 109 cm³/mol. The largest absolute Gasteiger partial charge is 0.495 e. The Labute approximate surface area is 166 Å². The van der Waals surface area contributed by atoms with Crippen molar-refractivity contribution in [3.63, 3.8) is 0 Å². The number of anilines is 1. The smallest absolute Gasteiger partial charge is 0.243 e. The van der Waals surface area contributed by atoms with Gasteiger partial charge in [-0.15, -0.1) is 0 Å². The molecule has 0 aliphatic carbocycles. The molecule has 1 fully saturated rings. The number of methoxy groups -OCH3 is 1. The van der Waals surface area contributed by atoms with Crippen molar-refractivity contribution in [2.45, 2.75) is 37.0 Å². The standard InChI is InChI=1S/C21H26N2O4S/c1-27-20-12-11-18(28(25,26)23-14-6-3-7-15-23)16-19(20)22-21(24)13-10-17-8-4-2-5-9-17/h2,4-5,8-9,11-12,16H,3,6-7,10,13-15H2,1H3,(H,22,24). The molecule has 0 unspecified atom stereocenters. The van der Waals surface area contributed by atoms with Gasteiger partial charge in [0, 0.05) is 19.5 Å². The van der Waals surface area contributed by atoms with Gasteiger partial charge in [-0.05, 0) is 43.0 Å². The van der Waals surface area contributed by atoms with Gasteiger partial charge in [-0.25, -0.2) is 8.42 Å². The first-order valence-electron chi connectivity index (χ1n) is 9.52. The number of benzene rings is 2. The van der Waals surface area contributed by atoms with E-state index in [1.165, 1.54) is 23.5 Å². The van der Waals surface area contributed by atoms with Crippen LogP contribution in [0.3, 0.4) is 0 Å². The monoisotopic (exact) mass is 402 g/mol. The quantitative estimate of drug-likeness (QED) is 0.770. The third kappa shape index (κ3) is 4.91. The minimum absolute atomic E-state index is 0.175. The summed E-state index contributed by atoms with van der Waals surface area (Å²) in [5.41, 5.74) is 1.45. The number of amides is 1. The summed E-state index contributed by atoms with van der Waals surface area (Å²) in [6, 6.07) is 14.4. The molecule has 1 heterocycles. The van der Waals surface area contributed by atoms with Crippen LogP contribution in [0, 0.1) is 0 Å². The molecule has 7 heteroatoms. The summed E-state index contributed by atoms with van der Waals surface area (Å²) in [5, 5.41) is 2.80. The Bertz CT molecular complexity index is 907. The average Bonchev–Trinajstić information content (AvgIpc) is 2.73. The maximum absolute atomic E-state index is 12.9. The van der Waals surface area contributed by atoms with E-state index in [4.69, 9.17) is 4.74 Å². The molecule has 150 valence electrons. The predicted octanol–water partition coefficient (Wildman–Crippen LogP) is 3.44. The molecule has 1 aliphatic rings. The van der Waals surface area contributed by atoms with E-state index in [0.29, 0.717) is 37.4 Å². The van der Waals surface area contributed by atoms with Crippen LogP contribution in [0.4, 0.5) is 5.69 Å². The summed E-state index contributed by atoms with van der Waals surface area (Å²) >= 11 is 0. The van der Waals surface area contributed by atoms with E-state index in [1.54, 1.807) is 6.07 Å². The Balaban J connectivity index is 1.74. The first-order chi connectivity index (χ1) is 13.5. The average molecular weight is 403 g/mol.